The summed E-state index contributed by atoms with van der Waals surface area (Å²) in [4.78, 5) is 19.2. The van der Waals surface area contributed by atoms with Crippen LogP contribution in [0.4, 0.5) is 11.4 Å². The van der Waals surface area contributed by atoms with E-state index in [1.807, 2.05) is 48.5 Å². The molecule has 0 spiro atoms. The minimum Gasteiger partial charge on any atom is -0.372 e. The van der Waals surface area contributed by atoms with Crippen LogP contribution in [0, 0.1) is 0 Å². The standard InChI is InChI=1S/C22H28N6O/c1-3-5-14-28(4-2)19-12-8-17(9-13-19)22(29)24-18-10-6-16(7-11-18)21-25-20(15-23)26-27-21/h6-13H,3-5,14-15,23H2,1-2H3,(H,24,29)(H,25,26,27). The summed E-state index contributed by atoms with van der Waals surface area (Å²) in [6.45, 7) is 6.64. The number of benzene rings is 2. The number of nitrogens with zero attached hydrogens (tertiary/aromatic N) is 3. The number of aromatic nitrogens is 3. The Labute approximate surface area is 171 Å². The van der Waals surface area contributed by atoms with E-state index in [1.54, 1.807) is 0 Å². The zero-order valence-electron chi connectivity index (χ0n) is 17.0. The summed E-state index contributed by atoms with van der Waals surface area (Å²) in [5, 5.41) is 9.86. The largest absolute Gasteiger partial charge is 0.372 e. The molecular weight excluding hydrogens is 364 g/mol. The van der Waals surface area contributed by atoms with Crippen LogP contribution >= 0.6 is 0 Å². The van der Waals surface area contributed by atoms with Crippen molar-refractivity contribution in [1.82, 2.24) is 15.2 Å². The number of carbonyl (C=O) groups excluding carboxylic acids is 1. The van der Waals surface area contributed by atoms with Crippen LogP contribution in [0.1, 0.15) is 42.9 Å². The normalized spacial score (nSPS) is 10.7. The van der Waals surface area contributed by atoms with E-state index in [-0.39, 0.29) is 5.91 Å². The number of aromatic amines is 1. The Morgan fingerprint density at radius 3 is 2.41 bits per heavy atom. The van der Waals surface area contributed by atoms with E-state index in [1.165, 1.54) is 6.42 Å². The second kappa shape index (κ2) is 9.84. The molecule has 7 nitrogen and oxygen atoms in total. The van der Waals surface area contributed by atoms with Crippen molar-refractivity contribution < 1.29 is 4.79 Å². The molecule has 7 heteroatoms. The first kappa shape index (κ1) is 20.5. The summed E-state index contributed by atoms with van der Waals surface area (Å²) in [7, 11) is 0. The minimum absolute atomic E-state index is 0.135. The third-order valence-corrected chi connectivity index (χ3v) is 4.78. The molecule has 152 valence electrons. The summed E-state index contributed by atoms with van der Waals surface area (Å²) < 4.78 is 0. The highest BCUT2D eigenvalue weighted by molar-refractivity contribution is 6.04. The van der Waals surface area contributed by atoms with Gasteiger partial charge in [0.25, 0.3) is 5.91 Å². The lowest BCUT2D eigenvalue weighted by atomic mass is 10.1. The third-order valence-electron chi connectivity index (χ3n) is 4.78. The second-order valence-corrected chi connectivity index (χ2v) is 6.82. The second-order valence-electron chi connectivity index (χ2n) is 6.82. The van der Waals surface area contributed by atoms with Gasteiger partial charge < -0.3 is 16.0 Å². The van der Waals surface area contributed by atoms with Crippen LogP contribution in [0.3, 0.4) is 0 Å². The highest BCUT2D eigenvalue weighted by Crippen LogP contribution is 2.20. The van der Waals surface area contributed by atoms with Gasteiger partial charge in [0, 0.05) is 35.6 Å². The van der Waals surface area contributed by atoms with Crippen LogP contribution in [-0.4, -0.2) is 34.2 Å². The van der Waals surface area contributed by atoms with E-state index in [2.05, 4.69) is 39.2 Å². The lowest BCUT2D eigenvalue weighted by Gasteiger charge is -2.23. The number of carbonyl (C=O) groups is 1. The van der Waals surface area contributed by atoms with Gasteiger partial charge in [0.05, 0.1) is 6.54 Å². The number of unbranched alkanes of at least 4 members (excludes halogenated alkanes) is 1. The topological polar surface area (TPSA) is 99.9 Å². The zero-order chi connectivity index (χ0) is 20.6. The maximum absolute atomic E-state index is 12.6. The number of amides is 1. The fraction of sp³-hybridized carbons (Fsp3) is 0.318. The van der Waals surface area contributed by atoms with Gasteiger partial charge in [-0.05, 0) is 61.9 Å². The number of anilines is 2. The number of hydrogen-bond donors (Lipinski definition) is 3. The van der Waals surface area contributed by atoms with Crippen molar-refractivity contribution in [3.05, 3.63) is 59.9 Å². The summed E-state index contributed by atoms with van der Waals surface area (Å²) in [6.07, 6.45) is 2.33. The molecule has 0 aliphatic heterocycles. The lowest BCUT2D eigenvalue weighted by Crippen LogP contribution is -2.23. The zero-order valence-corrected chi connectivity index (χ0v) is 17.0. The van der Waals surface area contributed by atoms with Crippen molar-refractivity contribution in [2.75, 3.05) is 23.3 Å². The molecule has 1 aromatic heterocycles. The van der Waals surface area contributed by atoms with Gasteiger partial charge in [-0.2, -0.15) is 5.10 Å². The van der Waals surface area contributed by atoms with Gasteiger partial charge in [0.2, 0.25) is 0 Å². The fourth-order valence-corrected chi connectivity index (χ4v) is 3.06. The van der Waals surface area contributed by atoms with E-state index < -0.39 is 0 Å². The molecule has 0 saturated carbocycles. The van der Waals surface area contributed by atoms with Gasteiger partial charge in [0.15, 0.2) is 5.82 Å². The summed E-state index contributed by atoms with van der Waals surface area (Å²) in [5.41, 5.74) is 8.90. The van der Waals surface area contributed by atoms with Gasteiger partial charge in [-0.15, -0.1) is 0 Å². The lowest BCUT2D eigenvalue weighted by molar-refractivity contribution is 0.102. The molecule has 29 heavy (non-hydrogen) atoms. The predicted molar refractivity (Wildman–Crippen MR) is 117 cm³/mol. The number of H-pyrrole nitrogens is 1. The van der Waals surface area contributed by atoms with Crippen molar-refractivity contribution in [2.45, 2.75) is 33.2 Å². The quantitative estimate of drug-likeness (QED) is 0.514. The smallest absolute Gasteiger partial charge is 0.255 e. The predicted octanol–water partition coefficient (Wildman–Crippen LogP) is 3.81. The molecule has 1 amide bonds. The minimum atomic E-state index is -0.135. The van der Waals surface area contributed by atoms with Gasteiger partial charge in [-0.1, -0.05) is 13.3 Å². The average molecular weight is 393 g/mol. The van der Waals surface area contributed by atoms with Crippen LogP contribution in [0.5, 0.6) is 0 Å². The third kappa shape index (κ3) is 5.20. The molecule has 0 aliphatic rings. The highest BCUT2D eigenvalue weighted by atomic mass is 16.1. The SMILES string of the molecule is CCCCN(CC)c1ccc(C(=O)Nc2ccc(-c3n[nH]c(CN)n3)cc2)cc1. The van der Waals surface area contributed by atoms with Gasteiger partial charge >= 0.3 is 0 Å². The molecule has 2 aromatic carbocycles. The van der Waals surface area contributed by atoms with E-state index in [4.69, 9.17) is 5.73 Å². The van der Waals surface area contributed by atoms with E-state index >= 15 is 0 Å². The van der Waals surface area contributed by atoms with Crippen molar-refractivity contribution >= 4 is 17.3 Å². The first-order valence-electron chi connectivity index (χ1n) is 10.0. The average Bonchev–Trinajstić information content (AvgIpc) is 3.24. The van der Waals surface area contributed by atoms with E-state index in [0.29, 0.717) is 23.8 Å². The summed E-state index contributed by atoms with van der Waals surface area (Å²) in [5.74, 6) is 1.09. The van der Waals surface area contributed by atoms with Crippen molar-refractivity contribution in [1.29, 1.82) is 0 Å². The Morgan fingerprint density at radius 1 is 1.10 bits per heavy atom. The van der Waals surface area contributed by atoms with Gasteiger partial charge in [0.1, 0.15) is 5.82 Å². The van der Waals surface area contributed by atoms with Crippen molar-refractivity contribution in [3.63, 3.8) is 0 Å². The first-order valence-corrected chi connectivity index (χ1v) is 10.0. The summed E-state index contributed by atoms with van der Waals surface area (Å²) in [6, 6.07) is 15.2. The molecule has 4 N–H and O–H groups in total. The van der Waals surface area contributed by atoms with Gasteiger partial charge in [-0.3, -0.25) is 9.89 Å². The Balaban J connectivity index is 1.63. The Morgan fingerprint density at radius 2 is 1.83 bits per heavy atom. The van der Waals surface area contributed by atoms with E-state index in [0.717, 1.165) is 36.4 Å². The molecular formula is C22H28N6O. The number of hydrogen-bond acceptors (Lipinski definition) is 5. The van der Waals surface area contributed by atoms with Gasteiger partial charge in [-0.25, -0.2) is 4.98 Å². The van der Waals surface area contributed by atoms with Crippen LogP contribution < -0.4 is 16.0 Å². The molecule has 0 bridgehead atoms. The molecule has 0 radical (unpaired) electrons. The molecule has 1 heterocycles. The first-order chi connectivity index (χ1) is 14.1. The Bertz CT molecular complexity index is 917. The van der Waals surface area contributed by atoms with Crippen LogP contribution in [0.25, 0.3) is 11.4 Å². The fourth-order valence-electron chi connectivity index (χ4n) is 3.06. The highest BCUT2D eigenvalue weighted by Gasteiger charge is 2.10. The maximum atomic E-state index is 12.6. The molecule has 0 atom stereocenters. The van der Waals surface area contributed by atoms with Crippen LogP contribution in [0.15, 0.2) is 48.5 Å². The Hall–Kier alpha value is -3.19. The number of nitrogens with one attached hydrogen (secondary N) is 2. The van der Waals surface area contributed by atoms with Crippen molar-refractivity contribution in [3.8, 4) is 11.4 Å². The molecule has 0 aliphatic carbocycles. The molecule has 3 rings (SSSR count). The maximum Gasteiger partial charge on any atom is 0.255 e. The van der Waals surface area contributed by atoms with Crippen LogP contribution in [0.2, 0.25) is 0 Å². The number of rotatable bonds is 9. The molecule has 0 saturated heterocycles. The molecule has 0 unspecified atom stereocenters. The monoisotopic (exact) mass is 392 g/mol. The van der Waals surface area contributed by atoms with Crippen molar-refractivity contribution in [2.24, 2.45) is 5.73 Å². The Kier molecular flexibility index (Phi) is 6.97. The summed E-state index contributed by atoms with van der Waals surface area (Å²) >= 11 is 0. The molecule has 3 aromatic rings. The number of nitrogens with two attached hydrogens (primary N) is 1. The van der Waals surface area contributed by atoms with E-state index in [9.17, 15) is 4.79 Å². The van der Waals surface area contributed by atoms with Crippen LogP contribution in [-0.2, 0) is 6.54 Å². The molecule has 0 fully saturated rings.